The second kappa shape index (κ2) is 6.85. The average molecular weight is 322 g/mol. The lowest BCUT2D eigenvalue weighted by atomic mass is 9.98. The molecule has 0 aliphatic heterocycles. The molecule has 2 amide bonds. The van der Waals surface area contributed by atoms with Gasteiger partial charge in [-0.1, -0.05) is 43.5 Å². The van der Waals surface area contributed by atoms with Crippen LogP contribution in [0.25, 0.3) is 0 Å². The highest BCUT2D eigenvalue weighted by atomic mass is 35.5. The van der Waals surface area contributed by atoms with Crippen molar-refractivity contribution < 1.29 is 14.0 Å². The third kappa shape index (κ3) is 3.80. The van der Waals surface area contributed by atoms with Crippen molar-refractivity contribution in [2.24, 2.45) is 11.7 Å². The fraction of sp³-hybridized carbons (Fsp3) is 0.417. The Morgan fingerprint density at radius 2 is 2.05 bits per heavy atom. The lowest BCUT2D eigenvalue weighted by molar-refractivity contribution is -0.120. The summed E-state index contributed by atoms with van der Waals surface area (Å²) in [6.45, 7) is 3.61. The molecule has 8 heteroatoms. The molecule has 110 valence electrons. The van der Waals surface area contributed by atoms with Crippen LogP contribution < -0.4 is 11.1 Å². The number of nitrogens with one attached hydrogen (secondary N) is 1. The highest BCUT2D eigenvalue weighted by Crippen LogP contribution is 2.20. The maximum absolute atomic E-state index is 13.3. The summed E-state index contributed by atoms with van der Waals surface area (Å²) in [6.07, 6.45) is 0.634. The first-order valence-electron chi connectivity index (χ1n) is 5.89. The Morgan fingerprint density at radius 1 is 1.45 bits per heavy atom. The predicted octanol–water partition coefficient (Wildman–Crippen LogP) is 2.16. The number of nitrogens with zero attached hydrogens (tertiary/aromatic N) is 1. The van der Waals surface area contributed by atoms with Crippen LogP contribution in [0.3, 0.4) is 0 Å². The molecule has 0 saturated carbocycles. The van der Waals surface area contributed by atoms with Gasteiger partial charge in [0, 0.05) is 0 Å². The van der Waals surface area contributed by atoms with E-state index in [0.29, 0.717) is 6.42 Å². The summed E-state index contributed by atoms with van der Waals surface area (Å²) in [5, 5.41) is 1.74. The highest BCUT2D eigenvalue weighted by molar-refractivity contribution is 6.34. The van der Waals surface area contributed by atoms with E-state index in [1.807, 2.05) is 6.92 Å². The molecular weight excluding hydrogens is 308 g/mol. The Hall–Kier alpha value is -1.40. The minimum atomic E-state index is -0.875. The lowest BCUT2D eigenvalue weighted by Gasteiger charge is -2.21. The second-order valence-electron chi connectivity index (χ2n) is 4.34. The summed E-state index contributed by atoms with van der Waals surface area (Å²) < 4.78 is 13.3. The van der Waals surface area contributed by atoms with Crippen molar-refractivity contribution in [3.05, 3.63) is 27.8 Å². The van der Waals surface area contributed by atoms with E-state index >= 15 is 0 Å². The van der Waals surface area contributed by atoms with Gasteiger partial charge in [-0.05, 0) is 12.0 Å². The normalized spacial score (nSPS) is 13.7. The van der Waals surface area contributed by atoms with Gasteiger partial charge in [0.05, 0.1) is 5.56 Å². The number of amides is 2. The van der Waals surface area contributed by atoms with Crippen molar-refractivity contribution in [3.63, 3.8) is 0 Å². The molecule has 0 saturated heterocycles. The van der Waals surface area contributed by atoms with Crippen LogP contribution in [0.15, 0.2) is 6.07 Å². The molecule has 0 spiro atoms. The number of hydrogen-bond acceptors (Lipinski definition) is 3. The molecule has 1 aromatic rings. The van der Waals surface area contributed by atoms with Gasteiger partial charge in [-0.15, -0.1) is 0 Å². The van der Waals surface area contributed by atoms with E-state index in [4.69, 9.17) is 28.9 Å². The maximum atomic E-state index is 13.3. The monoisotopic (exact) mass is 321 g/mol. The number of rotatable bonds is 5. The second-order valence-corrected chi connectivity index (χ2v) is 5.05. The predicted molar refractivity (Wildman–Crippen MR) is 74.1 cm³/mol. The van der Waals surface area contributed by atoms with E-state index in [2.05, 4.69) is 10.3 Å². The third-order valence-electron chi connectivity index (χ3n) is 2.94. The summed E-state index contributed by atoms with van der Waals surface area (Å²) in [7, 11) is 0. The number of pyridine rings is 1. The Balaban J connectivity index is 3.01. The van der Waals surface area contributed by atoms with Crippen LogP contribution in [0.5, 0.6) is 0 Å². The first kappa shape index (κ1) is 16.7. The molecule has 2 atom stereocenters. The summed E-state index contributed by atoms with van der Waals surface area (Å²) in [6, 6.07) is -0.0101. The van der Waals surface area contributed by atoms with E-state index in [9.17, 15) is 14.0 Å². The van der Waals surface area contributed by atoms with Crippen LogP contribution >= 0.6 is 23.2 Å². The van der Waals surface area contributed by atoms with E-state index in [-0.39, 0.29) is 16.6 Å². The summed E-state index contributed by atoms with van der Waals surface area (Å²) >= 11 is 11.2. The van der Waals surface area contributed by atoms with Crippen LogP contribution in [0, 0.1) is 11.7 Å². The van der Waals surface area contributed by atoms with Gasteiger partial charge < -0.3 is 11.1 Å². The van der Waals surface area contributed by atoms with Gasteiger partial charge in [-0.3, -0.25) is 9.59 Å². The maximum Gasteiger partial charge on any atom is 0.255 e. The zero-order valence-electron chi connectivity index (χ0n) is 10.9. The molecule has 0 fully saturated rings. The molecule has 0 aliphatic carbocycles. The Morgan fingerprint density at radius 3 is 2.55 bits per heavy atom. The van der Waals surface area contributed by atoms with Crippen molar-refractivity contribution in [2.45, 2.75) is 26.3 Å². The van der Waals surface area contributed by atoms with Gasteiger partial charge in [0.1, 0.15) is 11.2 Å². The molecule has 3 N–H and O–H groups in total. The number of carbonyl (C=O) groups is 2. The molecule has 0 unspecified atom stereocenters. The smallest absolute Gasteiger partial charge is 0.255 e. The molecule has 0 aliphatic rings. The van der Waals surface area contributed by atoms with Gasteiger partial charge in [-0.25, -0.2) is 9.37 Å². The number of carbonyl (C=O) groups excluding carboxylic acids is 2. The Bertz CT molecular complexity index is 540. The fourth-order valence-corrected chi connectivity index (χ4v) is 1.96. The van der Waals surface area contributed by atoms with Crippen molar-refractivity contribution in [2.75, 3.05) is 0 Å². The average Bonchev–Trinajstić information content (AvgIpc) is 2.38. The SMILES string of the molecule is CC[C@@H](C)[C@H](NC(=O)c1cc(F)c(Cl)nc1Cl)C(N)=O. The van der Waals surface area contributed by atoms with E-state index < -0.39 is 28.8 Å². The van der Waals surface area contributed by atoms with Gasteiger partial charge in [0.15, 0.2) is 11.0 Å². The van der Waals surface area contributed by atoms with Crippen LogP contribution in [0.4, 0.5) is 4.39 Å². The van der Waals surface area contributed by atoms with Crippen molar-refractivity contribution >= 4 is 35.0 Å². The standard InChI is InChI=1S/C12H14Cl2FN3O2/c1-3-5(2)8(11(16)19)17-12(20)6-4-7(15)10(14)18-9(6)13/h4-5,8H,3H2,1-2H3,(H2,16,19)(H,17,20)/t5-,8+/m1/s1. The van der Waals surface area contributed by atoms with E-state index in [1.165, 1.54) is 0 Å². The molecular formula is C12H14Cl2FN3O2. The summed E-state index contributed by atoms with van der Waals surface area (Å²) in [5.41, 5.74) is 5.03. The zero-order chi connectivity index (χ0) is 15.4. The summed E-state index contributed by atoms with van der Waals surface area (Å²) in [4.78, 5) is 26.8. The molecule has 0 radical (unpaired) electrons. The zero-order valence-corrected chi connectivity index (χ0v) is 12.4. The van der Waals surface area contributed by atoms with Crippen LogP contribution in [0.1, 0.15) is 30.6 Å². The minimum Gasteiger partial charge on any atom is -0.368 e. The van der Waals surface area contributed by atoms with Crippen molar-refractivity contribution in [3.8, 4) is 0 Å². The molecule has 20 heavy (non-hydrogen) atoms. The van der Waals surface area contributed by atoms with Crippen LogP contribution in [-0.2, 0) is 4.79 Å². The number of primary amides is 1. The molecule has 0 bridgehead atoms. The van der Waals surface area contributed by atoms with Crippen LogP contribution in [-0.4, -0.2) is 22.8 Å². The first-order chi connectivity index (χ1) is 9.27. The third-order valence-corrected chi connectivity index (χ3v) is 3.49. The Kier molecular flexibility index (Phi) is 5.71. The largest absolute Gasteiger partial charge is 0.368 e. The Labute approximate surface area is 125 Å². The highest BCUT2D eigenvalue weighted by Gasteiger charge is 2.25. The number of nitrogens with two attached hydrogens (primary N) is 1. The van der Waals surface area contributed by atoms with Gasteiger partial charge >= 0.3 is 0 Å². The van der Waals surface area contributed by atoms with E-state index in [1.54, 1.807) is 6.92 Å². The summed E-state index contributed by atoms with van der Waals surface area (Å²) in [5.74, 6) is -2.45. The molecule has 5 nitrogen and oxygen atoms in total. The van der Waals surface area contributed by atoms with Gasteiger partial charge in [0.25, 0.3) is 5.91 Å². The van der Waals surface area contributed by atoms with E-state index in [0.717, 1.165) is 6.07 Å². The molecule has 1 rings (SSSR count). The van der Waals surface area contributed by atoms with Crippen molar-refractivity contribution in [1.29, 1.82) is 0 Å². The van der Waals surface area contributed by atoms with Gasteiger partial charge in [-0.2, -0.15) is 0 Å². The van der Waals surface area contributed by atoms with Gasteiger partial charge in [0.2, 0.25) is 5.91 Å². The van der Waals surface area contributed by atoms with Crippen molar-refractivity contribution in [1.82, 2.24) is 10.3 Å². The number of aromatic nitrogens is 1. The number of halogens is 3. The number of hydrogen-bond donors (Lipinski definition) is 2. The first-order valence-corrected chi connectivity index (χ1v) is 6.65. The fourth-order valence-electron chi connectivity index (χ4n) is 1.55. The molecule has 1 aromatic heterocycles. The minimum absolute atomic E-state index is 0.166. The molecule has 0 aromatic carbocycles. The lowest BCUT2D eigenvalue weighted by Crippen LogP contribution is -2.48. The quantitative estimate of drug-likeness (QED) is 0.815. The molecule has 1 heterocycles. The topological polar surface area (TPSA) is 85.1 Å². The van der Waals surface area contributed by atoms with Crippen LogP contribution in [0.2, 0.25) is 10.3 Å².